The molecular formula is C14H29N3O. The molecule has 1 heterocycles. The maximum absolute atomic E-state index is 12.0. The number of rotatable bonds is 8. The molecule has 0 aromatic heterocycles. The molecule has 1 saturated heterocycles. The Kier molecular flexibility index (Phi) is 7.28. The zero-order valence-electron chi connectivity index (χ0n) is 12.2. The third-order valence-electron chi connectivity index (χ3n) is 3.82. The van der Waals surface area contributed by atoms with Crippen LogP contribution in [0.15, 0.2) is 0 Å². The second kappa shape index (κ2) is 8.48. The number of amides is 1. The summed E-state index contributed by atoms with van der Waals surface area (Å²) in [6, 6.07) is 0.0217. The maximum Gasteiger partial charge on any atom is 0.237 e. The van der Waals surface area contributed by atoms with Crippen molar-refractivity contribution < 1.29 is 4.79 Å². The van der Waals surface area contributed by atoms with Gasteiger partial charge in [0, 0.05) is 13.1 Å². The summed E-state index contributed by atoms with van der Waals surface area (Å²) in [4.78, 5) is 14.3. The molecule has 0 spiro atoms. The Hall–Kier alpha value is -0.610. The highest BCUT2D eigenvalue weighted by Gasteiger charge is 2.28. The van der Waals surface area contributed by atoms with Crippen molar-refractivity contribution in [1.29, 1.82) is 0 Å². The smallest absolute Gasteiger partial charge is 0.237 e. The molecule has 1 aliphatic rings. The average Bonchev–Trinajstić information content (AvgIpc) is 2.82. The Morgan fingerprint density at radius 3 is 2.89 bits per heavy atom. The summed E-state index contributed by atoms with van der Waals surface area (Å²) in [5, 5.41) is 6.26. The number of hydrogen-bond donors (Lipinski definition) is 2. The van der Waals surface area contributed by atoms with E-state index in [-0.39, 0.29) is 11.9 Å². The van der Waals surface area contributed by atoms with E-state index in [2.05, 4.69) is 22.5 Å². The van der Waals surface area contributed by atoms with E-state index < -0.39 is 0 Å². The highest BCUT2D eigenvalue weighted by atomic mass is 16.2. The van der Waals surface area contributed by atoms with Crippen molar-refractivity contribution in [2.24, 2.45) is 5.92 Å². The predicted molar refractivity (Wildman–Crippen MR) is 75.6 cm³/mol. The molecule has 106 valence electrons. The molecular weight excluding hydrogens is 226 g/mol. The quantitative estimate of drug-likeness (QED) is 0.641. The van der Waals surface area contributed by atoms with Crippen molar-refractivity contribution in [3.8, 4) is 0 Å². The van der Waals surface area contributed by atoms with Gasteiger partial charge in [0.05, 0.1) is 6.04 Å². The number of nitrogens with zero attached hydrogens (tertiary/aromatic N) is 1. The third kappa shape index (κ3) is 4.94. The lowest BCUT2D eigenvalue weighted by Gasteiger charge is -2.23. The zero-order chi connectivity index (χ0) is 13.4. The van der Waals surface area contributed by atoms with Crippen LogP contribution in [0.3, 0.4) is 0 Å². The molecule has 2 N–H and O–H groups in total. The number of carbonyl (C=O) groups excluding carboxylic acids is 1. The van der Waals surface area contributed by atoms with Crippen LogP contribution >= 0.6 is 0 Å². The summed E-state index contributed by atoms with van der Waals surface area (Å²) >= 11 is 0. The van der Waals surface area contributed by atoms with Crippen molar-refractivity contribution in [2.75, 3.05) is 33.2 Å². The molecule has 2 atom stereocenters. The van der Waals surface area contributed by atoms with Gasteiger partial charge in [-0.3, -0.25) is 9.69 Å². The molecule has 0 aliphatic carbocycles. The first-order valence-corrected chi connectivity index (χ1v) is 7.35. The maximum atomic E-state index is 12.0. The van der Waals surface area contributed by atoms with Gasteiger partial charge >= 0.3 is 0 Å². The summed E-state index contributed by atoms with van der Waals surface area (Å²) in [5.74, 6) is 0.890. The minimum Gasteiger partial charge on any atom is -0.355 e. The van der Waals surface area contributed by atoms with Crippen molar-refractivity contribution in [2.45, 2.75) is 45.6 Å². The number of unbranched alkanes of at least 4 members (excludes halogenated alkanes) is 2. The Balaban J connectivity index is 2.22. The summed E-state index contributed by atoms with van der Waals surface area (Å²) in [6.45, 7) is 8.18. The summed E-state index contributed by atoms with van der Waals surface area (Å²) in [7, 11) is 1.99. The lowest BCUT2D eigenvalue weighted by Crippen LogP contribution is -2.44. The van der Waals surface area contributed by atoms with Gasteiger partial charge in [0.2, 0.25) is 5.91 Å². The van der Waals surface area contributed by atoms with Crippen LogP contribution in [0.5, 0.6) is 0 Å². The number of hydrogen-bond acceptors (Lipinski definition) is 3. The molecule has 0 aromatic rings. The zero-order valence-corrected chi connectivity index (χ0v) is 12.2. The van der Waals surface area contributed by atoms with Gasteiger partial charge in [0.1, 0.15) is 0 Å². The van der Waals surface area contributed by atoms with Crippen LogP contribution in [-0.2, 0) is 4.79 Å². The summed E-state index contributed by atoms with van der Waals surface area (Å²) < 4.78 is 0. The van der Waals surface area contributed by atoms with Crippen molar-refractivity contribution in [3.63, 3.8) is 0 Å². The highest BCUT2D eigenvalue weighted by Crippen LogP contribution is 2.17. The van der Waals surface area contributed by atoms with Crippen LogP contribution in [0, 0.1) is 5.92 Å². The standard InChI is InChI=1S/C14H29N3O/c1-4-5-6-8-16-14(18)12(2)17-9-7-13(11-17)10-15-3/h12-13,15H,4-11H2,1-3H3,(H,16,18). The first kappa shape index (κ1) is 15.4. The molecule has 2 unspecified atom stereocenters. The molecule has 0 radical (unpaired) electrons. The lowest BCUT2D eigenvalue weighted by atomic mass is 10.1. The highest BCUT2D eigenvalue weighted by molar-refractivity contribution is 5.81. The first-order chi connectivity index (χ1) is 8.69. The van der Waals surface area contributed by atoms with Crippen molar-refractivity contribution >= 4 is 5.91 Å². The van der Waals surface area contributed by atoms with Crippen LogP contribution in [0.2, 0.25) is 0 Å². The van der Waals surface area contributed by atoms with Crippen LogP contribution in [0.25, 0.3) is 0 Å². The van der Waals surface area contributed by atoms with Gasteiger partial charge in [0.15, 0.2) is 0 Å². The summed E-state index contributed by atoms with van der Waals surface area (Å²) in [5.41, 5.74) is 0. The molecule has 1 amide bonds. The van der Waals surface area contributed by atoms with E-state index >= 15 is 0 Å². The number of likely N-dealkylation sites (tertiary alicyclic amines) is 1. The van der Waals surface area contributed by atoms with Gasteiger partial charge in [-0.05, 0) is 45.8 Å². The van der Waals surface area contributed by atoms with Gasteiger partial charge in [-0.2, -0.15) is 0 Å². The van der Waals surface area contributed by atoms with Crippen LogP contribution in [0.1, 0.15) is 39.5 Å². The van der Waals surface area contributed by atoms with Crippen LogP contribution in [0.4, 0.5) is 0 Å². The Morgan fingerprint density at radius 2 is 2.22 bits per heavy atom. The molecule has 0 saturated carbocycles. The van der Waals surface area contributed by atoms with E-state index in [0.29, 0.717) is 5.92 Å². The predicted octanol–water partition coefficient (Wildman–Crippen LogP) is 1.22. The fourth-order valence-corrected chi connectivity index (χ4v) is 2.57. The van der Waals surface area contributed by atoms with E-state index in [1.54, 1.807) is 0 Å². The molecule has 4 nitrogen and oxygen atoms in total. The topological polar surface area (TPSA) is 44.4 Å². The Bertz CT molecular complexity index is 245. The number of carbonyl (C=O) groups is 1. The Morgan fingerprint density at radius 1 is 1.44 bits per heavy atom. The summed E-state index contributed by atoms with van der Waals surface area (Å²) in [6.07, 6.45) is 4.69. The monoisotopic (exact) mass is 255 g/mol. The van der Waals surface area contributed by atoms with Crippen LogP contribution < -0.4 is 10.6 Å². The average molecular weight is 255 g/mol. The fourth-order valence-electron chi connectivity index (χ4n) is 2.57. The van der Waals surface area contributed by atoms with Gasteiger partial charge in [-0.15, -0.1) is 0 Å². The van der Waals surface area contributed by atoms with Crippen LogP contribution in [-0.4, -0.2) is 50.1 Å². The molecule has 1 fully saturated rings. The third-order valence-corrected chi connectivity index (χ3v) is 3.82. The van der Waals surface area contributed by atoms with E-state index in [1.165, 1.54) is 19.3 Å². The molecule has 1 rings (SSSR count). The minimum atomic E-state index is 0.0217. The van der Waals surface area contributed by atoms with E-state index in [1.807, 2.05) is 14.0 Å². The minimum absolute atomic E-state index is 0.0217. The molecule has 1 aliphatic heterocycles. The van der Waals surface area contributed by atoms with Gasteiger partial charge in [-0.1, -0.05) is 19.8 Å². The van der Waals surface area contributed by atoms with Gasteiger partial charge in [0.25, 0.3) is 0 Å². The molecule has 0 aromatic carbocycles. The fraction of sp³-hybridized carbons (Fsp3) is 0.929. The Labute approximate surface area is 111 Å². The second-order valence-corrected chi connectivity index (χ2v) is 5.38. The number of nitrogens with one attached hydrogen (secondary N) is 2. The van der Waals surface area contributed by atoms with E-state index in [9.17, 15) is 4.79 Å². The molecule has 0 bridgehead atoms. The normalized spacial score (nSPS) is 22.1. The van der Waals surface area contributed by atoms with Gasteiger partial charge in [-0.25, -0.2) is 0 Å². The van der Waals surface area contributed by atoms with E-state index in [0.717, 1.165) is 32.6 Å². The SMILES string of the molecule is CCCCCNC(=O)C(C)N1CCC(CNC)C1. The van der Waals surface area contributed by atoms with Crippen molar-refractivity contribution in [3.05, 3.63) is 0 Å². The first-order valence-electron chi connectivity index (χ1n) is 7.35. The van der Waals surface area contributed by atoms with Crippen molar-refractivity contribution in [1.82, 2.24) is 15.5 Å². The lowest BCUT2D eigenvalue weighted by molar-refractivity contribution is -0.125. The largest absolute Gasteiger partial charge is 0.355 e. The van der Waals surface area contributed by atoms with E-state index in [4.69, 9.17) is 0 Å². The van der Waals surface area contributed by atoms with Gasteiger partial charge < -0.3 is 10.6 Å². The molecule has 4 heteroatoms. The molecule has 18 heavy (non-hydrogen) atoms. The second-order valence-electron chi connectivity index (χ2n) is 5.38.